The van der Waals surface area contributed by atoms with Gasteiger partial charge in [0.05, 0.1) is 8.07 Å². The molecule has 1 heteroatoms. The summed E-state index contributed by atoms with van der Waals surface area (Å²) < 4.78 is 0. The third-order valence-electron chi connectivity index (χ3n) is 4.53. The van der Waals surface area contributed by atoms with Crippen LogP contribution in [0.5, 0.6) is 0 Å². The maximum Gasteiger partial charge on any atom is 0.0540 e. The summed E-state index contributed by atoms with van der Waals surface area (Å²) in [5.74, 6) is 2.21. The van der Waals surface area contributed by atoms with Crippen LogP contribution in [-0.4, -0.2) is 8.07 Å². The molecule has 0 N–H and O–H groups in total. The van der Waals surface area contributed by atoms with E-state index in [0.29, 0.717) is 5.04 Å². The van der Waals surface area contributed by atoms with Crippen LogP contribution in [0.25, 0.3) is 0 Å². The molecule has 0 heterocycles. The largest absolute Gasteiger partial charge is 0.0807 e. The minimum Gasteiger partial charge on any atom is -0.0807 e. The molecular formula is C13H18Si. The van der Waals surface area contributed by atoms with Crippen molar-refractivity contribution in [2.24, 2.45) is 17.8 Å². The molecule has 0 bridgehead atoms. The van der Waals surface area contributed by atoms with E-state index in [9.17, 15) is 0 Å². The lowest BCUT2D eigenvalue weighted by Crippen LogP contribution is -2.45. The zero-order valence-corrected chi connectivity index (χ0v) is 10.2. The summed E-state index contributed by atoms with van der Waals surface area (Å²) >= 11 is 0. The fourth-order valence-corrected chi connectivity index (χ4v) is 7.61. The molecule has 0 atom stereocenters. The Balaban J connectivity index is 2.18. The quantitative estimate of drug-likeness (QED) is 0.450. The van der Waals surface area contributed by atoms with Gasteiger partial charge in [0.1, 0.15) is 0 Å². The average Bonchev–Trinajstić information content (AvgIpc) is 2.69. The topological polar surface area (TPSA) is 0 Å². The van der Waals surface area contributed by atoms with Crippen molar-refractivity contribution >= 4 is 8.07 Å². The molecule has 3 aliphatic carbocycles. The summed E-state index contributed by atoms with van der Waals surface area (Å²) in [5.41, 5.74) is 0. The normalized spacial score (nSPS) is 47.8. The second-order valence-corrected chi connectivity index (χ2v) is 11.3. The van der Waals surface area contributed by atoms with Crippen LogP contribution in [0.15, 0.2) is 36.5 Å². The van der Waals surface area contributed by atoms with Crippen molar-refractivity contribution in [3.63, 3.8) is 0 Å². The minimum atomic E-state index is -1.13. The summed E-state index contributed by atoms with van der Waals surface area (Å²) in [5, 5.41) is 0.576. The molecule has 0 saturated heterocycles. The first-order valence-electron chi connectivity index (χ1n) is 5.62. The van der Waals surface area contributed by atoms with Crippen molar-refractivity contribution in [3.8, 4) is 0 Å². The Hall–Kier alpha value is -0.563. The molecule has 0 radical (unpaired) electrons. The van der Waals surface area contributed by atoms with Crippen LogP contribution in [0.2, 0.25) is 24.7 Å². The molecule has 0 saturated carbocycles. The van der Waals surface area contributed by atoms with Gasteiger partial charge in [0.25, 0.3) is 0 Å². The van der Waals surface area contributed by atoms with E-state index < -0.39 is 8.07 Å². The van der Waals surface area contributed by atoms with Gasteiger partial charge >= 0.3 is 0 Å². The predicted molar refractivity (Wildman–Crippen MR) is 63.9 cm³/mol. The summed E-state index contributed by atoms with van der Waals surface area (Å²) in [6, 6.07) is 0. The summed E-state index contributed by atoms with van der Waals surface area (Å²) in [4.78, 5) is 0. The highest BCUT2D eigenvalue weighted by molar-refractivity contribution is 6.79. The van der Waals surface area contributed by atoms with Crippen molar-refractivity contribution in [1.29, 1.82) is 0 Å². The summed E-state index contributed by atoms with van der Waals surface area (Å²) in [6.07, 6.45) is 14.7. The third kappa shape index (κ3) is 0.726. The maximum absolute atomic E-state index is 2.53. The lowest BCUT2D eigenvalue weighted by Gasteiger charge is -2.46. The van der Waals surface area contributed by atoms with Gasteiger partial charge in [-0.3, -0.25) is 0 Å². The zero-order valence-electron chi connectivity index (χ0n) is 9.20. The second kappa shape index (κ2) is 2.33. The van der Waals surface area contributed by atoms with Gasteiger partial charge in [0.15, 0.2) is 0 Å². The monoisotopic (exact) mass is 202 g/mol. The fourth-order valence-electron chi connectivity index (χ4n) is 4.03. The van der Waals surface area contributed by atoms with Crippen LogP contribution in [0.1, 0.15) is 0 Å². The molecule has 3 rings (SSSR count). The molecule has 0 aromatic heterocycles. The van der Waals surface area contributed by atoms with Gasteiger partial charge in [-0.15, -0.1) is 0 Å². The number of hydrogen-bond acceptors (Lipinski definition) is 0. The SMILES string of the molecule is C[Si](C)(C)C12C3C=CC1C=CC2C=C3. The van der Waals surface area contributed by atoms with Gasteiger partial charge in [0, 0.05) is 0 Å². The lowest BCUT2D eigenvalue weighted by atomic mass is 9.87. The highest BCUT2D eigenvalue weighted by Gasteiger charge is 2.60. The summed E-state index contributed by atoms with van der Waals surface area (Å²) in [6.45, 7) is 7.60. The van der Waals surface area contributed by atoms with Gasteiger partial charge in [0.2, 0.25) is 0 Å². The molecule has 74 valence electrons. The van der Waals surface area contributed by atoms with Crippen molar-refractivity contribution in [1.82, 2.24) is 0 Å². The Morgan fingerprint density at radius 3 is 1.21 bits per heavy atom. The van der Waals surface area contributed by atoms with Crippen LogP contribution >= 0.6 is 0 Å². The Kier molecular flexibility index (Phi) is 1.45. The second-order valence-electron chi connectivity index (χ2n) is 5.92. The van der Waals surface area contributed by atoms with E-state index in [0.717, 1.165) is 17.8 Å². The number of allylic oxidation sites excluding steroid dienone is 6. The van der Waals surface area contributed by atoms with E-state index in [-0.39, 0.29) is 0 Å². The molecule has 0 spiro atoms. The Labute approximate surface area is 87.4 Å². The van der Waals surface area contributed by atoms with Crippen LogP contribution < -0.4 is 0 Å². The maximum atomic E-state index is 2.53. The van der Waals surface area contributed by atoms with Crippen LogP contribution in [-0.2, 0) is 0 Å². The minimum absolute atomic E-state index is 0.576. The smallest absolute Gasteiger partial charge is 0.0540 e. The van der Waals surface area contributed by atoms with Crippen LogP contribution in [0.3, 0.4) is 0 Å². The highest BCUT2D eigenvalue weighted by Crippen LogP contribution is 2.68. The fraction of sp³-hybridized carbons (Fsp3) is 0.538. The molecular weight excluding hydrogens is 184 g/mol. The standard InChI is InChI=1S/C13H18Si/c1-14(2,3)13-10-4-5-11(13)8-9-12(13)7-6-10/h4-12H,1-3H3. The van der Waals surface area contributed by atoms with Crippen molar-refractivity contribution in [2.45, 2.75) is 24.7 Å². The van der Waals surface area contributed by atoms with Gasteiger partial charge < -0.3 is 0 Å². The van der Waals surface area contributed by atoms with Crippen molar-refractivity contribution in [3.05, 3.63) is 36.5 Å². The molecule has 14 heavy (non-hydrogen) atoms. The molecule has 0 aromatic carbocycles. The Morgan fingerprint density at radius 1 is 0.714 bits per heavy atom. The van der Waals surface area contributed by atoms with Crippen molar-refractivity contribution in [2.75, 3.05) is 0 Å². The number of hydrogen-bond donors (Lipinski definition) is 0. The van der Waals surface area contributed by atoms with Gasteiger partial charge in [-0.1, -0.05) is 56.1 Å². The van der Waals surface area contributed by atoms with Gasteiger partial charge in [-0.25, -0.2) is 0 Å². The molecule has 0 aromatic rings. The first-order chi connectivity index (χ1) is 6.57. The molecule has 3 aliphatic rings. The van der Waals surface area contributed by atoms with E-state index in [1.54, 1.807) is 0 Å². The van der Waals surface area contributed by atoms with Gasteiger partial charge in [-0.2, -0.15) is 0 Å². The number of rotatable bonds is 1. The molecule has 0 unspecified atom stereocenters. The summed E-state index contributed by atoms with van der Waals surface area (Å²) in [7, 11) is -1.13. The van der Waals surface area contributed by atoms with Crippen molar-refractivity contribution < 1.29 is 0 Å². The Bertz CT molecular complexity index is 290. The average molecular weight is 202 g/mol. The molecule has 0 aliphatic heterocycles. The molecule has 0 amide bonds. The lowest BCUT2D eigenvalue weighted by molar-refractivity contribution is 0.424. The first kappa shape index (κ1) is 8.72. The van der Waals surface area contributed by atoms with E-state index in [1.165, 1.54) is 0 Å². The first-order valence-corrected chi connectivity index (χ1v) is 9.12. The van der Waals surface area contributed by atoms with E-state index in [4.69, 9.17) is 0 Å². The van der Waals surface area contributed by atoms with Crippen LogP contribution in [0, 0.1) is 17.8 Å². The Morgan fingerprint density at radius 2 is 1.00 bits per heavy atom. The highest BCUT2D eigenvalue weighted by atomic mass is 28.3. The predicted octanol–water partition coefficient (Wildman–Crippen LogP) is 3.62. The van der Waals surface area contributed by atoms with Crippen LogP contribution in [0.4, 0.5) is 0 Å². The van der Waals surface area contributed by atoms with Gasteiger partial charge in [-0.05, 0) is 22.8 Å². The third-order valence-corrected chi connectivity index (χ3v) is 8.13. The zero-order chi connectivity index (χ0) is 9.97. The molecule has 0 nitrogen and oxygen atoms in total. The molecule has 0 fully saturated rings. The van der Waals surface area contributed by atoms with E-state index in [2.05, 4.69) is 56.1 Å². The van der Waals surface area contributed by atoms with E-state index >= 15 is 0 Å². The van der Waals surface area contributed by atoms with E-state index in [1.807, 2.05) is 0 Å².